The fraction of sp³-hybridized carbons (Fsp3) is 0.167. The van der Waals surface area contributed by atoms with Crippen molar-refractivity contribution in [2.45, 2.75) is 13.1 Å². The van der Waals surface area contributed by atoms with E-state index >= 15 is 0 Å². The molecule has 1 aromatic carbocycles. The highest BCUT2D eigenvalue weighted by Crippen LogP contribution is 2.34. The zero-order valence-corrected chi connectivity index (χ0v) is 10.9. The van der Waals surface area contributed by atoms with Crippen LogP contribution in [0.15, 0.2) is 24.3 Å². The van der Waals surface area contributed by atoms with E-state index in [9.17, 15) is 22.4 Å². The summed E-state index contributed by atoms with van der Waals surface area (Å²) in [6.07, 6.45) is -4.73. The molecule has 2 rings (SSSR count). The molecule has 0 spiro atoms. The summed E-state index contributed by atoms with van der Waals surface area (Å²) in [5.74, 6) is -1.76. The molecule has 0 aliphatic rings. The average Bonchev–Trinajstić information content (AvgIpc) is 2.74. The van der Waals surface area contributed by atoms with Crippen molar-refractivity contribution in [1.29, 1.82) is 0 Å². The molecule has 0 fully saturated rings. The van der Waals surface area contributed by atoms with Gasteiger partial charge < -0.3 is 5.32 Å². The molecule has 1 N–H and O–H groups in total. The van der Waals surface area contributed by atoms with E-state index < -0.39 is 28.5 Å². The normalized spacial score (nSPS) is 11.4. The van der Waals surface area contributed by atoms with Crippen LogP contribution in [0.4, 0.5) is 23.2 Å². The van der Waals surface area contributed by atoms with Crippen LogP contribution in [0.25, 0.3) is 0 Å². The number of anilines is 1. The third-order valence-corrected chi connectivity index (χ3v) is 3.30. The van der Waals surface area contributed by atoms with Crippen molar-refractivity contribution in [2.24, 2.45) is 0 Å². The van der Waals surface area contributed by atoms with E-state index in [4.69, 9.17) is 0 Å². The summed E-state index contributed by atoms with van der Waals surface area (Å²) in [7, 11) is 0. The Labute approximate surface area is 115 Å². The van der Waals surface area contributed by atoms with Gasteiger partial charge in [0.25, 0.3) is 5.91 Å². The van der Waals surface area contributed by atoms with Gasteiger partial charge in [-0.15, -0.1) is 11.3 Å². The third-order valence-electron chi connectivity index (χ3n) is 2.33. The first-order valence-electron chi connectivity index (χ1n) is 5.39. The van der Waals surface area contributed by atoms with Gasteiger partial charge in [0.05, 0.1) is 10.7 Å². The molecule has 8 heteroatoms. The highest BCUT2D eigenvalue weighted by Gasteiger charge is 2.39. The van der Waals surface area contributed by atoms with Crippen LogP contribution in [0.5, 0.6) is 0 Å². The zero-order chi connectivity index (χ0) is 14.9. The molecule has 0 aliphatic carbocycles. The van der Waals surface area contributed by atoms with Gasteiger partial charge in [0.2, 0.25) is 0 Å². The number of benzene rings is 1. The van der Waals surface area contributed by atoms with Gasteiger partial charge in [-0.05, 0) is 19.1 Å². The molecule has 0 atom stereocenters. The predicted octanol–water partition coefficient (Wildman–Crippen LogP) is 3.86. The van der Waals surface area contributed by atoms with E-state index in [0.717, 1.165) is 6.07 Å². The van der Waals surface area contributed by atoms with E-state index in [1.165, 1.54) is 25.1 Å². The average molecular weight is 304 g/mol. The van der Waals surface area contributed by atoms with Crippen molar-refractivity contribution in [3.05, 3.63) is 45.7 Å². The van der Waals surface area contributed by atoms with Crippen LogP contribution < -0.4 is 5.32 Å². The summed E-state index contributed by atoms with van der Waals surface area (Å²) in [5.41, 5.74) is -1.44. The number of nitrogens with zero attached hydrogens (tertiary/aromatic N) is 1. The monoisotopic (exact) mass is 304 g/mol. The molecule has 3 nitrogen and oxygen atoms in total. The Morgan fingerprint density at radius 1 is 1.30 bits per heavy atom. The first-order valence-corrected chi connectivity index (χ1v) is 6.21. The van der Waals surface area contributed by atoms with Gasteiger partial charge in [0, 0.05) is 0 Å². The minimum absolute atomic E-state index is 0.107. The van der Waals surface area contributed by atoms with Crippen molar-refractivity contribution in [1.82, 2.24) is 4.98 Å². The number of thiazole rings is 1. The van der Waals surface area contributed by atoms with E-state index in [2.05, 4.69) is 10.3 Å². The van der Waals surface area contributed by atoms with Gasteiger partial charge in [-0.3, -0.25) is 4.79 Å². The number of amides is 1. The summed E-state index contributed by atoms with van der Waals surface area (Å²) in [6, 6.07) is 5.22. The van der Waals surface area contributed by atoms with E-state index in [0.29, 0.717) is 11.3 Å². The van der Waals surface area contributed by atoms with Crippen LogP contribution in [-0.2, 0) is 6.18 Å². The van der Waals surface area contributed by atoms with E-state index in [1.807, 2.05) is 0 Å². The number of aromatic nitrogens is 1. The predicted molar refractivity (Wildman–Crippen MR) is 66.2 cm³/mol. The Bertz CT molecular complexity index is 651. The lowest BCUT2D eigenvalue weighted by molar-refractivity contribution is -0.141. The highest BCUT2D eigenvalue weighted by molar-refractivity contribution is 7.13. The summed E-state index contributed by atoms with van der Waals surface area (Å²) in [6.45, 7) is 1.36. The molecule has 0 bridgehead atoms. The maximum Gasteiger partial charge on any atom is 0.435 e. The molecule has 0 radical (unpaired) electrons. The lowest BCUT2D eigenvalue weighted by Crippen LogP contribution is -2.17. The van der Waals surface area contributed by atoms with E-state index in [-0.39, 0.29) is 10.7 Å². The van der Waals surface area contributed by atoms with Crippen molar-refractivity contribution in [2.75, 3.05) is 5.32 Å². The van der Waals surface area contributed by atoms with Crippen molar-refractivity contribution < 1.29 is 22.4 Å². The number of aryl methyl sites for hydroxylation is 1. The van der Waals surface area contributed by atoms with Crippen LogP contribution in [0, 0.1) is 12.7 Å². The number of carbonyl (C=O) groups is 1. The molecular formula is C12H8F4N2OS. The van der Waals surface area contributed by atoms with Gasteiger partial charge in [0.1, 0.15) is 10.7 Å². The summed E-state index contributed by atoms with van der Waals surface area (Å²) < 4.78 is 51.5. The lowest BCUT2D eigenvalue weighted by Gasteiger charge is -2.07. The van der Waals surface area contributed by atoms with Crippen LogP contribution >= 0.6 is 11.3 Å². The van der Waals surface area contributed by atoms with Gasteiger partial charge >= 0.3 is 6.18 Å². The van der Waals surface area contributed by atoms with Crippen molar-refractivity contribution >= 4 is 22.9 Å². The Hall–Kier alpha value is -1.96. The first-order chi connectivity index (χ1) is 9.29. The fourth-order valence-electron chi connectivity index (χ4n) is 1.51. The first kappa shape index (κ1) is 14.4. The number of nitrogens with one attached hydrogen (secondary N) is 1. The molecule has 106 valence electrons. The van der Waals surface area contributed by atoms with E-state index in [1.54, 1.807) is 0 Å². The number of alkyl halides is 3. The SMILES string of the molecule is Cc1nc(C(F)(F)F)c(C(=O)Nc2ccccc2F)s1. The minimum Gasteiger partial charge on any atom is -0.319 e. The second kappa shape index (κ2) is 5.20. The van der Waals surface area contributed by atoms with Crippen molar-refractivity contribution in [3.8, 4) is 0 Å². The molecule has 20 heavy (non-hydrogen) atoms. The molecule has 1 amide bonds. The molecule has 0 saturated carbocycles. The summed E-state index contributed by atoms with van der Waals surface area (Å²) >= 11 is 0.609. The molecule has 1 heterocycles. The van der Waals surface area contributed by atoms with Crippen molar-refractivity contribution in [3.63, 3.8) is 0 Å². The highest BCUT2D eigenvalue weighted by atomic mass is 32.1. The van der Waals surface area contributed by atoms with Gasteiger partial charge in [-0.2, -0.15) is 13.2 Å². The number of rotatable bonds is 2. The Kier molecular flexibility index (Phi) is 3.76. The fourth-order valence-corrected chi connectivity index (χ4v) is 2.35. The standard InChI is InChI=1S/C12H8F4N2OS/c1-6-17-10(12(14,15)16)9(20-6)11(19)18-8-5-3-2-4-7(8)13/h2-5H,1H3,(H,18,19). The smallest absolute Gasteiger partial charge is 0.319 e. The Morgan fingerprint density at radius 3 is 2.55 bits per heavy atom. The molecule has 0 unspecified atom stereocenters. The molecule has 0 saturated heterocycles. The Balaban J connectivity index is 2.33. The summed E-state index contributed by atoms with van der Waals surface area (Å²) in [4.78, 5) is 14.6. The molecule has 2 aromatic rings. The molecular weight excluding hydrogens is 296 g/mol. The number of para-hydroxylation sites is 1. The number of carbonyl (C=O) groups excluding carboxylic acids is 1. The minimum atomic E-state index is -4.73. The second-order valence-corrected chi connectivity index (χ2v) is 5.05. The third kappa shape index (κ3) is 2.96. The largest absolute Gasteiger partial charge is 0.435 e. The molecule has 1 aromatic heterocycles. The van der Waals surface area contributed by atoms with Gasteiger partial charge in [-0.25, -0.2) is 9.37 Å². The van der Waals surface area contributed by atoms with Gasteiger partial charge in [-0.1, -0.05) is 12.1 Å². The van der Waals surface area contributed by atoms with Gasteiger partial charge in [0.15, 0.2) is 5.69 Å². The maximum atomic E-state index is 13.4. The Morgan fingerprint density at radius 2 is 1.95 bits per heavy atom. The second-order valence-electron chi connectivity index (χ2n) is 3.84. The molecule has 0 aliphatic heterocycles. The number of halogens is 4. The zero-order valence-electron chi connectivity index (χ0n) is 10.1. The topological polar surface area (TPSA) is 42.0 Å². The quantitative estimate of drug-likeness (QED) is 0.856. The van der Waals surface area contributed by atoms with Crippen LogP contribution in [0.1, 0.15) is 20.4 Å². The summed E-state index contributed by atoms with van der Waals surface area (Å²) in [5, 5.41) is 2.22. The number of hydrogen-bond donors (Lipinski definition) is 1. The van der Waals surface area contributed by atoms with Crippen LogP contribution in [-0.4, -0.2) is 10.9 Å². The van der Waals surface area contributed by atoms with Crippen LogP contribution in [0.2, 0.25) is 0 Å². The lowest BCUT2D eigenvalue weighted by atomic mass is 10.3. The van der Waals surface area contributed by atoms with Crippen LogP contribution in [0.3, 0.4) is 0 Å². The maximum absolute atomic E-state index is 13.4. The number of hydrogen-bond acceptors (Lipinski definition) is 3.